The SMILES string of the molecule is CNC(=O)[C@H](CC(C)C)C[C@H](O)[C@H](Cc1ccccc1)OC(=O)c1cc2ccccc2nc1OC. The molecule has 1 amide bonds. The maximum Gasteiger partial charge on any atom is 0.344 e. The van der Waals surface area contributed by atoms with Crippen molar-refractivity contribution in [3.63, 3.8) is 0 Å². The number of carbonyl (C=O) groups excluding carboxylic acids is 2. The van der Waals surface area contributed by atoms with Crippen LogP contribution >= 0.6 is 0 Å². The summed E-state index contributed by atoms with van der Waals surface area (Å²) in [5, 5.41) is 14.6. The van der Waals surface area contributed by atoms with Gasteiger partial charge in [0.25, 0.3) is 0 Å². The quantitative estimate of drug-likeness (QED) is 0.402. The number of methoxy groups -OCH3 is 1. The maximum atomic E-state index is 13.3. The molecule has 2 aromatic carbocycles. The Bertz CT molecular complexity index is 1130. The van der Waals surface area contributed by atoms with Gasteiger partial charge in [-0.2, -0.15) is 0 Å². The molecule has 3 aromatic rings. The van der Waals surface area contributed by atoms with Gasteiger partial charge in [-0.05, 0) is 36.5 Å². The largest absolute Gasteiger partial charge is 0.480 e. The topological polar surface area (TPSA) is 97.8 Å². The van der Waals surface area contributed by atoms with Gasteiger partial charge in [-0.25, -0.2) is 9.78 Å². The number of rotatable bonds is 11. The predicted octanol–water partition coefficient (Wildman–Crippen LogP) is 4.17. The average Bonchev–Trinajstić information content (AvgIpc) is 2.86. The number of para-hydroxylation sites is 1. The number of aromatic nitrogens is 1. The lowest BCUT2D eigenvalue weighted by atomic mass is 9.88. The van der Waals surface area contributed by atoms with Crippen molar-refractivity contribution in [2.75, 3.05) is 14.2 Å². The highest BCUT2D eigenvalue weighted by molar-refractivity contribution is 5.96. The first-order chi connectivity index (χ1) is 16.8. The van der Waals surface area contributed by atoms with Crippen LogP contribution in [0.1, 0.15) is 42.6 Å². The van der Waals surface area contributed by atoms with Crippen LogP contribution in [0.5, 0.6) is 5.88 Å². The summed E-state index contributed by atoms with van der Waals surface area (Å²) in [6.07, 6.45) is -0.805. The Morgan fingerprint density at radius 1 is 1.03 bits per heavy atom. The molecule has 3 rings (SSSR count). The number of nitrogens with one attached hydrogen (secondary N) is 1. The Balaban J connectivity index is 1.88. The molecule has 0 aliphatic rings. The minimum Gasteiger partial charge on any atom is -0.480 e. The molecule has 1 heterocycles. The van der Waals surface area contributed by atoms with Crippen LogP contribution in [0.4, 0.5) is 0 Å². The van der Waals surface area contributed by atoms with Gasteiger partial charge in [0.1, 0.15) is 11.7 Å². The Kier molecular flexibility index (Phi) is 9.20. The third kappa shape index (κ3) is 7.02. The third-order valence-electron chi connectivity index (χ3n) is 5.97. The number of hydrogen-bond donors (Lipinski definition) is 2. The van der Waals surface area contributed by atoms with Gasteiger partial charge in [0.2, 0.25) is 11.8 Å². The van der Waals surface area contributed by atoms with Crippen LogP contribution in [0.25, 0.3) is 10.9 Å². The first-order valence-electron chi connectivity index (χ1n) is 11.9. The Labute approximate surface area is 206 Å². The zero-order valence-corrected chi connectivity index (χ0v) is 20.7. The van der Waals surface area contributed by atoms with Crippen molar-refractivity contribution in [1.82, 2.24) is 10.3 Å². The van der Waals surface area contributed by atoms with Crippen molar-refractivity contribution in [2.24, 2.45) is 11.8 Å². The van der Waals surface area contributed by atoms with Gasteiger partial charge in [0.15, 0.2) is 0 Å². The molecule has 0 unspecified atom stereocenters. The van der Waals surface area contributed by atoms with E-state index in [1.165, 1.54) is 7.11 Å². The molecule has 0 radical (unpaired) electrons. The van der Waals surface area contributed by atoms with Gasteiger partial charge in [0.05, 0.1) is 18.7 Å². The molecule has 3 atom stereocenters. The number of nitrogens with zero attached hydrogens (tertiary/aromatic N) is 1. The number of fused-ring (bicyclic) bond motifs is 1. The second kappa shape index (κ2) is 12.3. The summed E-state index contributed by atoms with van der Waals surface area (Å²) in [5.41, 5.74) is 1.79. The molecule has 7 heteroatoms. The number of amides is 1. The highest BCUT2D eigenvalue weighted by Gasteiger charge is 2.31. The van der Waals surface area contributed by atoms with Crippen molar-refractivity contribution >= 4 is 22.8 Å². The van der Waals surface area contributed by atoms with Crippen molar-refractivity contribution in [2.45, 2.75) is 45.3 Å². The van der Waals surface area contributed by atoms with Crippen molar-refractivity contribution in [3.05, 3.63) is 71.8 Å². The van der Waals surface area contributed by atoms with Crippen LogP contribution in [0, 0.1) is 11.8 Å². The van der Waals surface area contributed by atoms with Crippen LogP contribution in [0.2, 0.25) is 0 Å². The minimum absolute atomic E-state index is 0.136. The van der Waals surface area contributed by atoms with E-state index in [-0.39, 0.29) is 29.7 Å². The number of pyridine rings is 1. The van der Waals surface area contributed by atoms with Gasteiger partial charge >= 0.3 is 5.97 Å². The Hall–Kier alpha value is -3.45. The molecular formula is C28H34N2O5. The van der Waals surface area contributed by atoms with Gasteiger partial charge in [-0.15, -0.1) is 0 Å². The van der Waals surface area contributed by atoms with E-state index in [0.29, 0.717) is 18.4 Å². The molecule has 7 nitrogen and oxygen atoms in total. The number of carbonyl (C=O) groups is 2. The van der Waals surface area contributed by atoms with E-state index in [1.54, 1.807) is 13.1 Å². The summed E-state index contributed by atoms with van der Waals surface area (Å²) in [5.74, 6) is -0.746. The first-order valence-corrected chi connectivity index (χ1v) is 11.9. The number of ether oxygens (including phenoxy) is 2. The lowest BCUT2D eigenvalue weighted by Crippen LogP contribution is -2.38. The molecule has 186 valence electrons. The van der Waals surface area contributed by atoms with Crippen LogP contribution < -0.4 is 10.1 Å². The van der Waals surface area contributed by atoms with Crippen molar-refractivity contribution in [1.29, 1.82) is 0 Å². The zero-order valence-electron chi connectivity index (χ0n) is 20.7. The van der Waals surface area contributed by atoms with Crippen molar-refractivity contribution < 1.29 is 24.2 Å². The molecule has 0 saturated heterocycles. The number of aliphatic hydroxyl groups excluding tert-OH is 1. The third-order valence-corrected chi connectivity index (χ3v) is 5.97. The molecule has 35 heavy (non-hydrogen) atoms. The monoisotopic (exact) mass is 478 g/mol. The normalized spacial score (nSPS) is 13.8. The average molecular weight is 479 g/mol. The summed E-state index contributed by atoms with van der Waals surface area (Å²) >= 11 is 0. The minimum atomic E-state index is -1.04. The van der Waals surface area contributed by atoms with E-state index in [1.807, 2.05) is 68.4 Å². The van der Waals surface area contributed by atoms with E-state index >= 15 is 0 Å². The molecule has 0 saturated carbocycles. The molecule has 0 aliphatic heterocycles. The second-order valence-electron chi connectivity index (χ2n) is 9.12. The summed E-state index contributed by atoms with van der Waals surface area (Å²) in [4.78, 5) is 30.2. The first kappa shape index (κ1) is 26.2. The standard InChI is InChI=1S/C28H34N2O5/c1-18(2)14-21(26(32)29-3)17-24(31)25(15-19-10-6-5-7-11-19)35-28(33)22-16-20-12-8-9-13-23(20)30-27(22)34-4/h5-13,16,18,21,24-25,31H,14-15,17H2,1-4H3,(H,29,32)/t21-,24+,25+/m1/s1. The summed E-state index contributed by atoms with van der Waals surface area (Å²) < 4.78 is 11.2. The molecule has 2 N–H and O–H groups in total. The van der Waals surface area contributed by atoms with E-state index in [4.69, 9.17) is 9.47 Å². The zero-order chi connectivity index (χ0) is 25.4. The molecule has 0 aliphatic carbocycles. The Morgan fingerprint density at radius 3 is 2.37 bits per heavy atom. The van der Waals surface area contributed by atoms with Crippen LogP contribution in [-0.2, 0) is 16.0 Å². The van der Waals surface area contributed by atoms with Crippen LogP contribution in [-0.4, -0.2) is 48.3 Å². The lowest BCUT2D eigenvalue weighted by Gasteiger charge is -2.27. The molecule has 0 spiro atoms. The summed E-state index contributed by atoms with van der Waals surface area (Å²) in [6, 6.07) is 18.6. The van der Waals surface area contributed by atoms with E-state index < -0.39 is 24.1 Å². The fourth-order valence-corrected chi connectivity index (χ4v) is 4.23. The van der Waals surface area contributed by atoms with Gasteiger partial charge in [-0.1, -0.05) is 62.4 Å². The van der Waals surface area contributed by atoms with E-state index in [0.717, 1.165) is 10.9 Å². The summed E-state index contributed by atoms with van der Waals surface area (Å²) in [6.45, 7) is 4.06. The lowest BCUT2D eigenvalue weighted by molar-refractivity contribution is -0.126. The number of hydrogen-bond acceptors (Lipinski definition) is 6. The molecule has 0 fully saturated rings. The van der Waals surface area contributed by atoms with Gasteiger partial charge < -0.3 is 19.9 Å². The van der Waals surface area contributed by atoms with E-state index in [2.05, 4.69) is 10.3 Å². The maximum absolute atomic E-state index is 13.3. The Morgan fingerprint density at radius 2 is 1.71 bits per heavy atom. The number of esters is 1. The second-order valence-corrected chi connectivity index (χ2v) is 9.12. The van der Waals surface area contributed by atoms with Crippen LogP contribution in [0.3, 0.4) is 0 Å². The summed E-state index contributed by atoms with van der Waals surface area (Å²) in [7, 11) is 3.03. The van der Waals surface area contributed by atoms with E-state index in [9.17, 15) is 14.7 Å². The van der Waals surface area contributed by atoms with Crippen LogP contribution in [0.15, 0.2) is 60.7 Å². The predicted molar refractivity (Wildman–Crippen MR) is 135 cm³/mol. The fourth-order valence-electron chi connectivity index (χ4n) is 4.23. The van der Waals surface area contributed by atoms with Crippen molar-refractivity contribution in [3.8, 4) is 5.88 Å². The number of benzene rings is 2. The van der Waals surface area contributed by atoms with Gasteiger partial charge in [0, 0.05) is 24.8 Å². The smallest absolute Gasteiger partial charge is 0.344 e. The fraction of sp³-hybridized carbons (Fsp3) is 0.393. The van der Waals surface area contributed by atoms with Gasteiger partial charge in [-0.3, -0.25) is 4.79 Å². The molecular weight excluding hydrogens is 444 g/mol. The highest BCUT2D eigenvalue weighted by atomic mass is 16.6. The molecule has 1 aromatic heterocycles. The number of aliphatic hydroxyl groups is 1. The molecule has 0 bridgehead atoms. The highest BCUT2D eigenvalue weighted by Crippen LogP contribution is 2.26.